The van der Waals surface area contributed by atoms with Crippen LogP contribution in [0.15, 0.2) is 11.4 Å². The molecule has 0 aromatic carbocycles. The molecule has 1 aromatic rings. The molecule has 2 N–H and O–H groups in total. The molecule has 0 spiro atoms. The molecule has 1 aliphatic carbocycles. The van der Waals surface area contributed by atoms with Gasteiger partial charge in [-0.1, -0.05) is 32.5 Å². The number of carbonyl (C=O) groups is 1. The second-order valence-corrected chi connectivity index (χ2v) is 13.6. The van der Waals surface area contributed by atoms with E-state index in [1.54, 1.807) is 0 Å². The van der Waals surface area contributed by atoms with E-state index in [2.05, 4.69) is 49.1 Å². The quantitative estimate of drug-likeness (QED) is 0.431. The first-order valence-corrected chi connectivity index (χ1v) is 12.8. The maximum Gasteiger partial charge on any atom is 0.341 e. The van der Waals surface area contributed by atoms with E-state index >= 15 is 0 Å². The van der Waals surface area contributed by atoms with Crippen LogP contribution >= 0.6 is 11.8 Å². The van der Waals surface area contributed by atoms with Gasteiger partial charge in [0.05, 0.1) is 0 Å². The first kappa shape index (κ1) is 20.2. The molecule has 1 aromatic heterocycles. The second kappa shape index (κ2) is 7.63. The summed E-state index contributed by atoms with van der Waals surface area (Å²) in [6, 6.07) is 0.178. The highest BCUT2D eigenvalue weighted by atomic mass is 32.2. The molecule has 0 bridgehead atoms. The van der Waals surface area contributed by atoms with Crippen molar-refractivity contribution in [2.24, 2.45) is 0 Å². The third-order valence-corrected chi connectivity index (χ3v) is 10.3. The Morgan fingerprint density at radius 2 is 2.08 bits per heavy atom. The number of carboxylic acid groups (broad SMARTS) is 1. The zero-order valence-corrected chi connectivity index (χ0v) is 17.7. The van der Waals surface area contributed by atoms with E-state index in [-0.39, 0.29) is 22.7 Å². The number of anilines is 1. The van der Waals surface area contributed by atoms with Gasteiger partial charge in [-0.3, -0.25) is 0 Å². The van der Waals surface area contributed by atoms with Crippen molar-refractivity contribution in [2.75, 3.05) is 11.6 Å². The third kappa shape index (κ3) is 4.95. The molecular formula is C17H29N3O3SSi. The molecule has 25 heavy (non-hydrogen) atoms. The van der Waals surface area contributed by atoms with E-state index in [0.717, 1.165) is 19.3 Å². The van der Waals surface area contributed by atoms with E-state index in [4.69, 9.17) is 4.43 Å². The fourth-order valence-corrected chi connectivity index (χ4v) is 4.44. The van der Waals surface area contributed by atoms with Crippen molar-refractivity contribution in [3.63, 3.8) is 0 Å². The number of aromatic carboxylic acids is 1. The van der Waals surface area contributed by atoms with Gasteiger partial charge in [-0.15, -0.1) is 0 Å². The van der Waals surface area contributed by atoms with Gasteiger partial charge in [-0.25, -0.2) is 14.8 Å². The second-order valence-electron chi connectivity index (χ2n) is 8.08. The van der Waals surface area contributed by atoms with Crippen LogP contribution in [-0.4, -0.2) is 47.8 Å². The number of hydrogen-bond donors (Lipinski definition) is 2. The number of thioether (sulfide) groups is 1. The Morgan fingerprint density at radius 3 is 2.64 bits per heavy atom. The molecule has 0 aliphatic heterocycles. The molecule has 0 amide bonds. The minimum absolute atomic E-state index is 0.117. The van der Waals surface area contributed by atoms with Crippen LogP contribution in [0.25, 0.3) is 0 Å². The molecule has 1 fully saturated rings. The zero-order chi connectivity index (χ0) is 18.8. The molecule has 6 nitrogen and oxygen atoms in total. The average molecular weight is 384 g/mol. The summed E-state index contributed by atoms with van der Waals surface area (Å²) in [4.78, 5) is 19.8. The summed E-state index contributed by atoms with van der Waals surface area (Å²) in [5, 5.41) is 13.4. The number of aromatic nitrogens is 2. The predicted octanol–water partition coefficient (Wildman–Crippen LogP) is 4.25. The van der Waals surface area contributed by atoms with Crippen LogP contribution in [0.2, 0.25) is 18.1 Å². The molecule has 1 saturated carbocycles. The molecular weight excluding hydrogens is 354 g/mol. The fourth-order valence-electron chi connectivity index (χ4n) is 2.70. The van der Waals surface area contributed by atoms with Gasteiger partial charge in [0.1, 0.15) is 11.4 Å². The van der Waals surface area contributed by atoms with Crippen molar-refractivity contribution in [1.82, 2.24) is 9.97 Å². The van der Waals surface area contributed by atoms with E-state index in [1.807, 2.05) is 6.26 Å². The van der Waals surface area contributed by atoms with Crippen LogP contribution in [-0.2, 0) is 4.43 Å². The molecule has 0 saturated heterocycles. The lowest BCUT2D eigenvalue weighted by Crippen LogP contribution is -2.43. The minimum Gasteiger partial charge on any atom is -0.477 e. The molecule has 140 valence electrons. The highest BCUT2D eigenvalue weighted by molar-refractivity contribution is 7.98. The summed E-state index contributed by atoms with van der Waals surface area (Å²) in [6.45, 7) is 11.3. The smallest absolute Gasteiger partial charge is 0.341 e. The van der Waals surface area contributed by atoms with Gasteiger partial charge in [0.25, 0.3) is 0 Å². The number of nitrogens with one attached hydrogen (secondary N) is 1. The first-order valence-electron chi connectivity index (χ1n) is 8.62. The lowest BCUT2D eigenvalue weighted by Gasteiger charge is -2.38. The molecule has 0 unspecified atom stereocenters. The van der Waals surface area contributed by atoms with Crippen LogP contribution in [0.1, 0.15) is 50.4 Å². The summed E-state index contributed by atoms with van der Waals surface area (Å²) >= 11 is 1.40. The number of hydrogen-bond acceptors (Lipinski definition) is 6. The third-order valence-electron chi connectivity index (χ3n) is 5.17. The van der Waals surface area contributed by atoms with Gasteiger partial charge < -0.3 is 14.8 Å². The molecule has 2 rings (SSSR count). The van der Waals surface area contributed by atoms with E-state index < -0.39 is 14.3 Å². The molecule has 1 heterocycles. The van der Waals surface area contributed by atoms with Gasteiger partial charge in [0.15, 0.2) is 13.5 Å². The standard InChI is InChI=1S/C17H29N3O3SSi/c1-17(2,3)25(5,6)23-12-8-7-11(9-12)19-14-13(15(21)22)10-18-16(20-14)24-4/h10-12H,7-9H2,1-6H3,(H,21,22)(H,18,19,20)/t11-,12-/m0/s1. The van der Waals surface area contributed by atoms with Gasteiger partial charge in [0, 0.05) is 18.3 Å². The van der Waals surface area contributed by atoms with Crippen LogP contribution in [0, 0.1) is 0 Å². The average Bonchev–Trinajstić information content (AvgIpc) is 2.92. The van der Waals surface area contributed by atoms with Gasteiger partial charge in [-0.05, 0) is 43.7 Å². The zero-order valence-electron chi connectivity index (χ0n) is 15.9. The first-order chi connectivity index (χ1) is 11.5. The van der Waals surface area contributed by atoms with Crippen molar-refractivity contribution in [3.05, 3.63) is 11.8 Å². The summed E-state index contributed by atoms with van der Waals surface area (Å²) in [7, 11) is -1.79. The van der Waals surface area contributed by atoms with Crippen molar-refractivity contribution in [2.45, 2.75) is 75.5 Å². The highest BCUT2D eigenvalue weighted by Gasteiger charge is 2.40. The number of nitrogens with zero attached hydrogens (tertiary/aromatic N) is 2. The number of carboxylic acids is 1. The van der Waals surface area contributed by atoms with E-state index in [9.17, 15) is 9.90 Å². The van der Waals surface area contributed by atoms with E-state index in [0.29, 0.717) is 11.0 Å². The van der Waals surface area contributed by atoms with Crippen LogP contribution < -0.4 is 5.32 Å². The minimum atomic E-state index is -1.79. The monoisotopic (exact) mass is 383 g/mol. The van der Waals surface area contributed by atoms with Crippen LogP contribution in [0.3, 0.4) is 0 Å². The Bertz CT molecular complexity index is 634. The Morgan fingerprint density at radius 1 is 1.40 bits per heavy atom. The predicted molar refractivity (Wildman–Crippen MR) is 104 cm³/mol. The van der Waals surface area contributed by atoms with Crippen molar-refractivity contribution >= 4 is 31.9 Å². The van der Waals surface area contributed by atoms with E-state index in [1.165, 1.54) is 18.0 Å². The van der Waals surface area contributed by atoms with Gasteiger partial charge in [-0.2, -0.15) is 0 Å². The normalized spacial score (nSPS) is 21.4. The van der Waals surface area contributed by atoms with Crippen molar-refractivity contribution in [1.29, 1.82) is 0 Å². The molecule has 8 heteroatoms. The summed E-state index contributed by atoms with van der Waals surface area (Å²) in [5.74, 6) is -0.605. The lowest BCUT2D eigenvalue weighted by atomic mass is 10.2. The summed E-state index contributed by atoms with van der Waals surface area (Å²) < 4.78 is 6.50. The maximum atomic E-state index is 11.4. The topological polar surface area (TPSA) is 84.3 Å². The molecule has 1 aliphatic rings. The highest BCUT2D eigenvalue weighted by Crippen LogP contribution is 2.39. The summed E-state index contributed by atoms with van der Waals surface area (Å²) in [6.07, 6.45) is 6.31. The van der Waals surface area contributed by atoms with Crippen LogP contribution in [0.5, 0.6) is 0 Å². The fraction of sp³-hybridized carbons (Fsp3) is 0.706. The van der Waals surface area contributed by atoms with Crippen LogP contribution in [0.4, 0.5) is 5.82 Å². The van der Waals surface area contributed by atoms with Gasteiger partial charge >= 0.3 is 5.97 Å². The Kier molecular flexibility index (Phi) is 6.16. The maximum absolute atomic E-state index is 11.4. The largest absolute Gasteiger partial charge is 0.477 e. The van der Waals surface area contributed by atoms with Crippen molar-refractivity contribution in [3.8, 4) is 0 Å². The Labute approximate surface area is 155 Å². The SMILES string of the molecule is CSc1ncc(C(=O)O)c(N[C@H]2CC[C@H](O[Si](C)(C)C(C)(C)C)C2)n1. The molecule has 0 radical (unpaired) electrons. The van der Waals surface area contributed by atoms with Gasteiger partial charge in [0.2, 0.25) is 0 Å². The molecule has 2 atom stereocenters. The lowest BCUT2D eigenvalue weighted by molar-refractivity contribution is 0.0697. The summed E-state index contributed by atoms with van der Waals surface area (Å²) in [5.41, 5.74) is 0.117. The Balaban J connectivity index is 2.05. The Hall–Kier alpha value is -1.12. The number of rotatable bonds is 6. The van der Waals surface area contributed by atoms with Crippen molar-refractivity contribution < 1.29 is 14.3 Å².